The summed E-state index contributed by atoms with van der Waals surface area (Å²) < 4.78 is 14.6. The van der Waals surface area contributed by atoms with Gasteiger partial charge in [-0.25, -0.2) is 0 Å². The van der Waals surface area contributed by atoms with Crippen LogP contribution in [0.5, 0.6) is 0 Å². The normalized spacial score (nSPS) is 13.0. The maximum absolute atomic E-state index is 10.8. The van der Waals surface area contributed by atoms with E-state index < -0.39 is 48.9 Å². The van der Waals surface area contributed by atoms with Gasteiger partial charge in [0.25, 0.3) is 0 Å². The molecule has 0 saturated heterocycles. The van der Waals surface area contributed by atoms with Crippen LogP contribution in [0, 0.1) is 0 Å². The van der Waals surface area contributed by atoms with Gasteiger partial charge in [-0.3, -0.25) is 19.2 Å². The zero-order valence-electron chi connectivity index (χ0n) is 11.7. The average Bonchev–Trinajstić information content (AvgIpc) is 2.24. The number of aliphatic carboxylic acids is 2. The molecule has 0 aromatic carbocycles. The van der Waals surface area contributed by atoms with E-state index in [2.05, 4.69) is 0 Å². The lowest BCUT2D eigenvalue weighted by molar-refractivity contribution is -0.157. The Labute approximate surface area is 120 Å². The summed E-state index contributed by atoms with van der Waals surface area (Å²) in [5, 5.41) is 17.3. The fraction of sp³-hybridized carbons (Fsp3) is 0.667. The van der Waals surface area contributed by atoms with Gasteiger partial charge >= 0.3 is 23.9 Å². The van der Waals surface area contributed by atoms with E-state index in [1.807, 2.05) is 0 Å². The molecule has 9 nitrogen and oxygen atoms in total. The van der Waals surface area contributed by atoms with Gasteiger partial charge in [0.05, 0.1) is 26.1 Å². The molecule has 0 aliphatic rings. The number of rotatable bonds is 10. The van der Waals surface area contributed by atoms with Gasteiger partial charge in [-0.05, 0) is 0 Å². The first kappa shape index (κ1) is 18.8. The molecule has 0 aromatic heterocycles. The van der Waals surface area contributed by atoms with Crippen molar-refractivity contribution in [1.29, 1.82) is 0 Å². The van der Waals surface area contributed by atoms with Crippen LogP contribution < -0.4 is 0 Å². The van der Waals surface area contributed by atoms with Gasteiger partial charge in [0.15, 0.2) is 0 Å². The third-order valence-electron chi connectivity index (χ3n) is 2.08. The second-order valence-corrected chi connectivity index (χ2v) is 4.20. The molecule has 0 bridgehead atoms. The van der Waals surface area contributed by atoms with Crippen LogP contribution in [-0.4, -0.2) is 59.5 Å². The van der Waals surface area contributed by atoms with E-state index in [9.17, 15) is 19.2 Å². The first-order valence-corrected chi connectivity index (χ1v) is 6.06. The van der Waals surface area contributed by atoms with Gasteiger partial charge in [-0.1, -0.05) is 0 Å². The van der Waals surface area contributed by atoms with Crippen LogP contribution in [0.25, 0.3) is 0 Å². The second-order valence-electron chi connectivity index (χ2n) is 4.20. The lowest BCUT2D eigenvalue weighted by Gasteiger charge is -2.18. The molecule has 0 aliphatic heterocycles. The first-order chi connectivity index (χ1) is 9.70. The molecular formula is C12H18O9. The van der Waals surface area contributed by atoms with Gasteiger partial charge in [-0.15, -0.1) is 0 Å². The van der Waals surface area contributed by atoms with Crippen molar-refractivity contribution in [3.8, 4) is 0 Å². The Morgan fingerprint density at radius 3 is 1.38 bits per heavy atom. The molecule has 0 aromatic rings. The van der Waals surface area contributed by atoms with Crippen LogP contribution >= 0.6 is 0 Å². The fourth-order valence-electron chi connectivity index (χ4n) is 1.46. The highest BCUT2D eigenvalue weighted by Crippen LogP contribution is 2.05. The summed E-state index contributed by atoms with van der Waals surface area (Å²) in [5.41, 5.74) is 0. The van der Waals surface area contributed by atoms with E-state index in [4.69, 9.17) is 24.4 Å². The van der Waals surface area contributed by atoms with Crippen molar-refractivity contribution in [2.24, 2.45) is 0 Å². The lowest BCUT2D eigenvalue weighted by atomic mass is 10.2. The van der Waals surface area contributed by atoms with Crippen molar-refractivity contribution >= 4 is 23.9 Å². The molecule has 0 radical (unpaired) electrons. The van der Waals surface area contributed by atoms with Crippen LogP contribution in [-0.2, 0) is 33.4 Å². The van der Waals surface area contributed by atoms with Crippen LogP contribution in [0.4, 0.5) is 0 Å². The third kappa shape index (κ3) is 11.4. The van der Waals surface area contributed by atoms with Gasteiger partial charge in [0.2, 0.25) is 0 Å². The van der Waals surface area contributed by atoms with Gasteiger partial charge in [-0.2, -0.15) is 0 Å². The maximum atomic E-state index is 10.8. The number of ether oxygens (including phenoxy) is 3. The number of carboxylic acids is 2. The summed E-state index contributed by atoms with van der Waals surface area (Å²) in [6.45, 7) is 1.76. The van der Waals surface area contributed by atoms with E-state index in [0.29, 0.717) is 0 Å². The average molecular weight is 306 g/mol. The summed E-state index contributed by atoms with van der Waals surface area (Å²) in [7, 11) is 0. The number of hydrogen-bond acceptors (Lipinski definition) is 7. The van der Waals surface area contributed by atoms with Crippen LogP contribution in [0.15, 0.2) is 0 Å². The van der Waals surface area contributed by atoms with E-state index in [-0.39, 0.29) is 13.2 Å². The molecule has 0 fully saturated rings. The van der Waals surface area contributed by atoms with Crippen molar-refractivity contribution < 1.29 is 43.6 Å². The Bertz CT molecular complexity index is 322. The van der Waals surface area contributed by atoms with Crippen molar-refractivity contribution in [3.63, 3.8) is 0 Å². The predicted octanol–water partition coefficient (Wildman–Crippen LogP) is -0.184. The number of carbonyl (C=O) groups is 4. The Morgan fingerprint density at radius 2 is 1.14 bits per heavy atom. The van der Waals surface area contributed by atoms with Crippen LogP contribution in [0.1, 0.15) is 26.7 Å². The molecule has 9 heteroatoms. The predicted molar refractivity (Wildman–Crippen MR) is 66.4 cm³/mol. The van der Waals surface area contributed by atoms with E-state index >= 15 is 0 Å². The number of hydrogen-bond donors (Lipinski definition) is 2. The molecule has 0 rings (SSSR count). The molecule has 0 spiro atoms. The molecule has 2 N–H and O–H groups in total. The highest BCUT2D eigenvalue weighted by atomic mass is 16.6. The monoisotopic (exact) mass is 306 g/mol. The SMILES string of the molecule is CC(=O)OC(COCC(CC(=O)O)OC(C)=O)CC(=O)O. The van der Waals surface area contributed by atoms with Crippen LogP contribution in [0.2, 0.25) is 0 Å². The van der Waals surface area contributed by atoms with E-state index in [1.165, 1.54) is 0 Å². The zero-order valence-corrected chi connectivity index (χ0v) is 11.7. The molecule has 0 heterocycles. The Morgan fingerprint density at radius 1 is 0.810 bits per heavy atom. The zero-order chi connectivity index (χ0) is 16.4. The molecule has 21 heavy (non-hydrogen) atoms. The molecule has 2 unspecified atom stereocenters. The van der Waals surface area contributed by atoms with Gasteiger partial charge in [0, 0.05) is 13.8 Å². The Kier molecular flexibility index (Phi) is 8.70. The van der Waals surface area contributed by atoms with Gasteiger partial charge < -0.3 is 24.4 Å². The minimum Gasteiger partial charge on any atom is -0.481 e. The topological polar surface area (TPSA) is 136 Å². The molecule has 2 atom stereocenters. The fourth-order valence-corrected chi connectivity index (χ4v) is 1.46. The minimum atomic E-state index is -1.17. The Balaban J connectivity index is 4.34. The maximum Gasteiger partial charge on any atom is 0.307 e. The molecular weight excluding hydrogens is 288 g/mol. The van der Waals surface area contributed by atoms with Gasteiger partial charge in [0.1, 0.15) is 12.2 Å². The van der Waals surface area contributed by atoms with Crippen molar-refractivity contribution in [1.82, 2.24) is 0 Å². The quantitative estimate of drug-likeness (QED) is 0.526. The largest absolute Gasteiger partial charge is 0.481 e. The highest BCUT2D eigenvalue weighted by Gasteiger charge is 2.20. The lowest BCUT2D eigenvalue weighted by Crippen LogP contribution is -2.30. The molecule has 0 saturated carbocycles. The second kappa shape index (κ2) is 9.70. The summed E-state index contributed by atoms with van der Waals surface area (Å²) >= 11 is 0. The summed E-state index contributed by atoms with van der Waals surface area (Å²) in [4.78, 5) is 42.8. The van der Waals surface area contributed by atoms with Crippen LogP contribution in [0.3, 0.4) is 0 Å². The number of esters is 2. The molecule has 0 aliphatic carbocycles. The van der Waals surface area contributed by atoms with Crippen molar-refractivity contribution in [3.05, 3.63) is 0 Å². The number of carbonyl (C=O) groups excluding carboxylic acids is 2. The first-order valence-electron chi connectivity index (χ1n) is 6.06. The molecule has 120 valence electrons. The van der Waals surface area contributed by atoms with E-state index in [0.717, 1.165) is 13.8 Å². The van der Waals surface area contributed by atoms with Crippen molar-refractivity contribution in [2.45, 2.75) is 38.9 Å². The summed E-state index contributed by atoms with van der Waals surface area (Å²) in [6, 6.07) is 0. The summed E-state index contributed by atoms with van der Waals surface area (Å²) in [6.07, 6.45) is -2.89. The minimum absolute atomic E-state index is 0.247. The summed E-state index contributed by atoms with van der Waals surface area (Å²) in [5.74, 6) is -3.67. The highest BCUT2D eigenvalue weighted by molar-refractivity contribution is 5.70. The number of carboxylic acid groups (broad SMARTS) is 2. The Hall–Kier alpha value is -2.16. The molecule has 0 amide bonds. The third-order valence-corrected chi connectivity index (χ3v) is 2.08. The smallest absolute Gasteiger partial charge is 0.307 e. The van der Waals surface area contributed by atoms with Crippen molar-refractivity contribution in [2.75, 3.05) is 13.2 Å². The standard InChI is InChI=1S/C12H18O9/c1-7(13)20-9(3-11(15)16)5-19-6-10(4-12(17)18)21-8(2)14/h9-10H,3-6H2,1-2H3,(H,15,16)(H,17,18). The van der Waals surface area contributed by atoms with E-state index in [1.54, 1.807) is 0 Å².